The van der Waals surface area contributed by atoms with E-state index in [1.54, 1.807) is 0 Å². The summed E-state index contributed by atoms with van der Waals surface area (Å²) < 4.78 is 2.18. The minimum Gasteiger partial charge on any atom is -0.335 e. The molecule has 4 nitrogen and oxygen atoms in total. The van der Waals surface area contributed by atoms with Crippen LogP contribution in [0.3, 0.4) is 0 Å². The first-order valence-corrected chi connectivity index (χ1v) is 9.29. The molecule has 0 radical (unpaired) electrons. The van der Waals surface area contributed by atoms with E-state index in [0.717, 1.165) is 18.9 Å². The highest BCUT2D eigenvalue weighted by molar-refractivity contribution is 5.78. The Morgan fingerprint density at radius 2 is 2.08 bits per heavy atom. The van der Waals surface area contributed by atoms with Gasteiger partial charge in [-0.3, -0.25) is 4.79 Å². The van der Waals surface area contributed by atoms with Crippen molar-refractivity contribution in [2.75, 3.05) is 6.54 Å². The average Bonchev–Trinajstić information content (AvgIpc) is 3.29. The summed E-state index contributed by atoms with van der Waals surface area (Å²) >= 11 is 0. The third kappa shape index (κ3) is 4.50. The van der Waals surface area contributed by atoms with Gasteiger partial charge >= 0.3 is 0 Å². The van der Waals surface area contributed by atoms with Crippen molar-refractivity contribution < 1.29 is 4.79 Å². The van der Waals surface area contributed by atoms with Crippen LogP contribution in [-0.4, -0.2) is 26.9 Å². The Balaban J connectivity index is 1.77. The normalized spacial score (nSPS) is 14.1. The molecule has 0 N–H and O–H groups in total. The molecule has 1 aromatic heterocycles. The van der Waals surface area contributed by atoms with Gasteiger partial charge in [-0.2, -0.15) is 0 Å². The third-order valence-electron chi connectivity index (χ3n) is 4.96. The van der Waals surface area contributed by atoms with Gasteiger partial charge in [-0.25, -0.2) is 4.98 Å². The molecule has 1 saturated carbocycles. The zero-order chi connectivity index (χ0) is 18.0. The summed E-state index contributed by atoms with van der Waals surface area (Å²) in [5.74, 6) is 1.91. The second-order valence-corrected chi connectivity index (χ2v) is 7.72. The van der Waals surface area contributed by atoms with E-state index in [2.05, 4.69) is 41.6 Å². The van der Waals surface area contributed by atoms with Crippen LogP contribution in [0.15, 0.2) is 30.6 Å². The van der Waals surface area contributed by atoms with E-state index in [1.165, 1.54) is 29.5 Å². The molecule has 1 aliphatic carbocycles. The van der Waals surface area contributed by atoms with Gasteiger partial charge < -0.3 is 9.47 Å². The maximum atomic E-state index is 12.6. The lowest BCUT2D eigenvalue weighted by Gasteiger charge is -2.25. The molecule has 2 aromatic rings. The summed E-state index contributed by atoms with van der Waals surface area (Å²) in [6.45, 7) is 10.5. The monoisotopic (exact) mass is 339 g/mol. The molecule has 1 fully saturated rings. The number of hydrogen-bond donors (Lipinski definition) is 0. The minimum absolute atomic E-state index is 0.0289. The highest BCUT2D eigenvalue weighted by atomic mass is 16.2. The van der Waals surface area contributed by atoms with Crippen LogP contribution in [0.4, 0.5) is 0 Å². The Morgan fingerprint density at radius 1 is 1.32 bits per heavy atom. The van der Waals surface area contributed by atoms with Crippen LogP contribution in [0.1, 0.15) is 49.2 Å². The van der Waals surface area contributed by atoms with Crippen LogP contribution < -0.4 is 0 Å². The second kappa shape index (κ2) is 7.42. The van der Waals surface area contributed by atoms with Gasteiger partial charge in [-0.15, -0.1) is 0 Å². The molecule has 0 bridgehead atoms. The fourth-order valence-electron chi connectivity index (χ4n) is 3.17. The number of amides is 1. The van der Waals surface area contributed by atoms with Gasteiger partial charge in [0, 0.05) is 31.4 Å². The number of hydrogen-bond acceptors (Lipinski definition) is 2. The molecule has 4 heteroatoms. The van der Waals surface area contributed by atoms with Crippen LogP contribution in [0.2, 0.25) is 0 Å². The molecule has 0 atom stereocenters. The van der Waals surface area contributed by atoms with E-state index in [9.17, 15) is 4.79 Å². The van der Waals surface area contributed by atoms with Gasteiger partial charge in [0.1, 0.15) is 5.82 Å². The van der Waals surface area contributed by atoms with Crippen LogP contribution in [-0.2, 0) is 17.9 Å². The van der Waals surface area contributed by atoms with Crippen molar-refractivity contribution in [1.82, 2.24) is 14.5 Å². The molecule has 1 amide bonds. The van der Waals surface area contributed by atoms with E-state index in [0.29, 0.717) is 12.5 Å². The van der Waals surface area contributed by atoms with Gasteiger partial charge in [0.15, 0.2) is 0 Å². The highest BCUT2D eigenvalue weighted by Gasteiger charge is 2.28. The van der Waals surface area contributed by atoms with Crippen molar-refractivity contribution in [3.05, 3.63) is 53.1 Å². The average molecular weight is 339 g/mol. The first-order chi connectivity index (χ1) is 11.9. The highest BCUT2D eigenvalue weighted by Crippen LogP contribution is 2.30. The summed E-state index contributed by atoms with van der Waals surface area (Å²) in [7, 11) is 0. The summed E-state index contributed by atoms with van der Waals surface area (Å²) in [5, 5.41) is 0. The molecule has 0 unspecified atom stereocenters. The fourth-order valence-corrected chi connectivity index (χ4v) is 3.17. The molecule has 1 aromatic carbocycles. The van der Waals surface area contributed by atoms with Gasteiger partial charge in [0.25, 0.3) is 0 Å². The van der Waals surface area contributed by atoms with Gasteiger partial charge in [0.05, 0.1) is 6.54 Å². The molecular formula is C21H29N3O. The molecule has 0 aliphatic heterocycles. The first kappa shape index (κ1) is 17.7. The van der Waals surface area contributed by atoms with Crippen molar-refractivity contribution in [1.29, 1.82) is 0 Å². The third-order valence-corrected chi connectivity index (χ3v) is 4.96. The van der Waals surface area contributed by atoms with Crippen molar-refractivity contribution in [3.63, 3.8) is 0 Å². The molecule has 3 rings (SSSR count). The topological polar surface area (TPSA) is 38.1 Å². The van der Waals surface area contributed by atoms with Crippen molar-refractivity contribution in [2.24, 2.45) is 11.8 Å². The Kier molecular flexibility index (Phi) is 5.26. The molecule has 25 heavy (non-hydrogen) atoms. The predicted molar refractivity (Wildman–Crippen MR) is 100 cm³/mol. The lowest BCUT2D eigenvalue weighted by molar-refractivity contribution is -0.135. The molecule has 0 spiro atoms. The van der Waals surface area contributed by atoms with E-state index < -0.39 is 0 Å². The summed E-state index contributed by atoms with van der Waals surface area (Å²) in [6, 6.07) is 6.55. The van der Waals surface area contributed by atoms with E-state index in [-0.39, 0.29) is 11.8 Å². The van der Waals surface area contributed by atoms with Gasteiger partial charge in [0.2, 0.25) is 5.91 Å². The Labute approximate surface area is 150 Å². The van der Waals surface area contributed by atoms with Gasteiger partial charge in [-0.1, -0.05) is 37.6 Å². The molecule has 1 aliphatic rings. The summed E-state index contributed by atoms with van der Waals surface area (Å²) in [5.41, 5.74) is 3.87. The number of imidazole rings is 1. The Morgan fingerprint density at radius 3 is 2.76 bits per heavy atom. The largest absolute Gasteiger partial charge is 0.335 e. The number of benzene rings is 1. The fraction of sp³-hybridized carbons (Fsp3) is 0.524. The van der Waals surface area contributed by atoms with Crippen LogP contribution in [0.5, 0.6) is 0 Å². The lowest BCUT2D eigenvalue weighted by Crippen LogP contribution is -2.36. The molecule has 0 saturated heterocycles. The first-order valence-electron chi connectivity index (χ1n) is 9.29. The maximum absolute atomic E-state index is 12.6. The van der Waals surface area contributed by atoms with Gasteiger partial charge in [-0.05, 0) is 43.7 Å². The summed E-state index contributed by atoms with van der Waals surface area (Å²) in [6.07, 6.45) is 6.36. The van der Waals surface area contributed by atoms with E-state index in [4.69, 9.17) is 0 Å². The van der Waals surface area contributed by atoms with Crippen molar-refractivity contribution >= 4 is 5.91 Å². The van der Waals surface area contributed by atoms with Crippen LogP contribution in [0, 0.1) is 25.7 Å². The van der Waals surface area contributed by atoms with E-state index >= 15 is 0 Å². The van der Waals surface area contributed by atoms with Crippen molar-refractivity contribution in [2.45, 2.75) is 53.6 Å². The zero-order valence-corrected chi connectivity index (χ0v) is 15.8. The molecule has 134 valence electrons. The molecular weight excluding hydrogens is 310 g/mol. The summed E-state index contributed by atoms with van der Waals surface area (Å²) in [4.78, 5) is 19.1. The Bertz CT molecular complexity index is 743. The predicted octanol–water partition coefficient (Wildman–Crippen LogP) is 3.94. The number of rotatable bonds is 7. The standard InChI is InChI=1S/C21H29N3O/c1-15(2)21(25)24(12-18-7-8-18)14-20-22-9-10-23(20)13-19-11-16(3)5-6-17(19)4/h5-6,9-11,15,18H,7-8,12-14H2,1-4H3. The smallest absolute Gasteiger partial charge is 0.225 e. The number of carbonyl (C=O) groups excluding carboxylic acids is 1. The Hall–Kier alpha value is -2.10. The van der Waals surface area contributed by atoms with Crippen molar-refractivity contribution in [3.8, 4) is 0 Å². The number of nitrogens with zero attached hydrogens (tertiary/aromatic N) is 3. The quantitative estimate of drug-likeness (QED) is 0.766. The van der Waals surface area contributed by atoms with E-state index in [1.807, 2.05) is 31.1 Å². The SMILES string of the molecule is Cc1ccc(C)c(Cn2ccnc2CN(CC2CC2)C(=O)C(C)C)c1. The number of aryl methyl sites for hydroxylation is 2. The minimum atomic E-state index is 0.0289. The van der Waals surface area contributed by atoms with Crippen LogP contribution >= 0.6 is 0 Å². The van der Waals surface area contributed by atoms with Crippen LogP contribution in [0.25, 0.3) is 0 Å². The maximum Gasteiger partial charge on any atom is 0.225 e. The number of aromatic nitrogens is 2. The molecule has 1 heterocycles. The zero-order valence-electron chi connectivity index (χ0n) is 15.8. The number of carbonyl (C=O) groups is 1. The second-order valence-electron chi connectivity index (χ2n) is 7.72. The lowest BCUT2D eigenvalue weighted by atomic mass is 10.1.